The summed E-state index contributed by atoms with van der Waals surface area (Å²) in [4.78, 5) is 0. The summed E-state index contributed by atoms with van der Waals surface area (Å²) in [6.45, 7) is 0. The summed E-state index contributed by atoms with van der Waals surface area (Å²) in [5.74, 6) is 0. The minimum Gasteiger partial charge on any atom is -0.224 e. The number of benzene rings is 3. The number of hydrogen-bond donors (Lipinski definition) is 0. The Morgan fingerprint density at radius 1 is 0.583 bits per heavy atom. The van der Waals surface area contributed by atoms with Gasteiger partial charge in [-0.1, -0.05) is 91.0 Å². The molecule has 0 atom stereocenters. The first-order valence-electron chi connectivity index (χ1n) is 7.32. The summed E-state index contributed by atoms with van der Waals surface area (Å²) in [6, 6.07) is 26.8. The zero-order chi connectivity index (χ0) is 17.0. The molecule has 3 rings (SSSR count). The number of nitrogens with zero attached hydrogens (tertiary/aromatic N) is 1. The largest absolute Gasteiger partial charge is 0.529 e. The Morgan fingerprint density at radius 2 is 0.875 bits per heavy atom. The quantitative estimate of drug-likeness (QED) is 0.587. The molecule has 0 unspecified atom stereocenters. The normalized spacial score (nSPS) is 11.9. The fourth-order valence-electron chi connectivity index (χ4n) is 2.69. The zero-order valence-corrected chi connectivity index (χ0v) is 14.5. The molecule has 0 N–H and O–H groups in total. The molecule has 3 aromatic rings. The van der Waals surface area contributed by atoms with Crippen LogP contribution in [0.2, 0.25) is 0 Å². The van der Waals surface area contributed by atoms with E-state index < -0.39 is 15.0 Å². The maximum absolute atomic E-state index is 13.7. The molecule has 0 fully saturated rings. The van der Waals surface area contributed by atoms with E-state index in [4.69, 9.17) is 0 Å². The Hall–Kier alpha value is -2.02. The molecule has 0 spiro atoms. The lowest BCUT2D eigenvalue weighted by atomic mass is 10.4. The molecular weight excluding hydrogens is 346 g/mol. The molecule has 24 heavy (non-hydrogen) atoms. The van der Waals surface area contributed by atoms with Crippen LogP contribution in [0.3, 0.4) is 0 Å². The third kappa shape index (κ3) is 3.40. The SMILES string of the molecule is O=P(F)(F)N=P(c1ccccc1)(c1ccccc1)c1ccccc1. The van der Waals surface area contributed by atoms with Crippen LogP contribution in [0.25, 0.3) is 0 Å². The van der Waals surface area contributed by atoms with Crippen molar-refractivity contribution in [2.75, 3.05) is 0 Å². The third-order valence-corrected chi connectivity index (χ3v) is 8.67. The van der Waals surface area contributed by atoms with E-state index in [9.17, 15) is 13.0 Å². The van der Waals surface area contributed by atoms with Gasteiger partial charge in [0.25, 0.3) is 0 Å². The second kappa shape index (κ2) is 6.84. The van der Waals surface area contributed by atoms with Gasteiger partial charge in [0.15, 0.2) is 0 Å². The minimum absolute atomic E-state index is 0.651. The standard InChI is InChI=1S/C18H15F2NOP2/c19-24(20,22)21-23(16-10-4-1-5-11-16,17-12-6-2-7-13-17)18-14-8-3-9-15-18/h1-15H. The van der Waals surface area contributed by atoms with Crippen LogP contribution in [0.15, 0.2) is 95.5 Å². The summed E-state index contributed by atoms with van der Waals surface area (Å²) < 4.78 is 42.5. The summed E-state index contributed by atoms with van der Waals surface area (Å²) in [6.07, 6.45) is 0. The molecule has 3 aromatic carbocycles. The van der Waals surface area contributed by atoms with Crippen LogP contribution in [0.5, 0.6) is 0 Å². The Balaban J connectivity index is 2.48. The second-order valence-corrected chi connectivity index (χ2v) is 9.57. The van der Waals surface area contributed by atoms with E-state index in [-0.39, 0.29) is 0 Å². The van der Waals surface area contributed by atoms with Crippen molar-refractivity contribution in [1.82, 2.24) is 0 Å². The Morgan fingerprint density at radius 3 is 1.12 bits per heavy atom. The van der Waals surface area contributed by atoms with Crippen LogP contribution in [-0.4, -0.2) is 0 Å². The summed E-state index contributed by atoms with van der Waals surface area (Å²) in [7, 11) is -8.67. The smallest absolute Gasteiger partial charge is 0.224 e. The highest BCUT2D eigenvalue weighted by Crippen LogP contribution is 2.62. The molecule has 0 aliphatic rings. The Labute approximate surface area is 139 Å². The topological polar surface area (TPSA) is 29.4 Å². The van der Waals surface area contributed by atoms with Crippen LogP contribution >= 0.6 is 15.0 Å². The molecule has 0 aromatic heterocycles. The van der Waals surface area contributed by atoms with Gasteiger partial charge in [0.1, 0.15) is 0 Å². The molecular formula is C18H15F2NOP2. The van der Waals surface area contributed by atoms with E-state index in [1.807, 2.05) is 18.2 Å². The highest BCUT2D eigenvalue weighted by molar-refractivity contribution is 7.90. The van der Waals surface area contributed by atoms with E-state index in [0.717, 1.165) is 0 Å². The number of hydrogen-bond acceptors (Lipinski definition) is 1. The highest BCUT2D eigenvalue weighted by atomic mass is 31.2. The third-order valence-electron chi connectivity index (χ3n) is 3.63. The van der Waals surface area contributed by atoms with Gasteiger partial charge in [0.2, 0.25) is 0 Å². The molecule has 0 heterocycles. The summed E-state index contributed by atoms with van der Waals surface area (Å²) >= 11 is 0. The maximum atomic E-state index is 13.7. The number of rotatable bonds is 4. The van der Waals surface area contributed by atoms with E-state index in [0.29, 0.717) is 15.9 Å². The number of halogens is 2. The lowest BCUT2D eigenvalue weighted by Crippen LogP contribution is -2.25. The monoisotopic (exact) mass is 361 g/mol. The van der Waals surface area contributed by atoms with Gasteiger partial charge in [0, 0.05) is 15.9 Å². The van der Waals surface area contributed by atoms with Crippen LogP contribution in [0.1, 0.15) is 0 Å². The van der Waals surface area contributed by atoms with Gasteiger partial charge in [0.05, 0.1) is 7.05 Å². The van der Waals surface area contributed by atoms with Crippen molar-refractivity contribution in [3.63, 3.8) is 0 Å². The first-order valence-corrected chi connectivity index (χ1v) is 10.5. The maximum Gasteiger partial charge on any atom is 0.529 e. The first-order chi connectivity index (χ1) is 11.5. The minimum atomic E-state index is -5.61. The van der Waals surface area contributed by atoms with Crippen molar-refractivity contribution >= 4 is 30.9 Å². The average Bonchev–Trinajstić information content (AvgIpc) is 2.61. The van der Waals surface area contributed by atoms with Gasteiger partial charge in [-0.05, 0) is 0 Å². The van der Waals surface area contributed by atoms with Crippen molar-refractivity contribution in [1.29, 1.82) is 0 Å². The first kappa shape index (κ1) is 16.8. The lowest BCUT2D eigenvalue weighted by molar-refractivity contribution is 0.497. The zero-order valence-electron chi connectivity index (χ0n) is 12.7. The summed E-state index contributed by atoms with van der Waals surface area (Å²) in [5, 5.41) is 1.95. The van der Waals surface area contributed by atoms with Gasteiger partial charge < -0.3 is 0 Å². The van der Waals surface area contributed by atoms with Gasteiger partial charge in [-0.2, -0.15) is 4.52 Å². The molecule has 0 saturated heterocycles. The van der Waals surface area contributed by atoms with Crippen molar-refractivity contribution < 1.29 is 13.0 Å². The fraction of sp³-hybridized carbons (Fsp3) is 0. The van der Waals surface area contributed by atoms with Crippen molar-refractivity contribution in [2.45, 2.75) is 0 Å². The molecule has 0 amide bonds. The van der Waals surface area contributed by atoms with E-state index in [2.05, 4.69) is 4.52 Å². The summed E-state index contributed by atoms with van der Waals surface area (Å²) in [5.41, 5.74) is 0. The molecule has 0 aliphatic heterocycles. The lowest BCUT2D eigenvalue weighted by Gasteiger charge is -2.26. The average molecular weight is 361 g/mol. The van der Waals surface area contributed by atoms with Gasteiger partial charge >= 0.3 is 7.91 Å². The van der Waals surface area contributed by atoms with Crippen LogP contribution in [0.4, 0.5) is 8.39 Å². The van der Waals surface area contributed by atoms with Crippen LogP contribution in [-0.2, 0) is 4.57 Å². The van der Waals surface area contributed by atoms with E-state index >= 15 is 0 Å². The van der Waals surface area contributed by atoms with Gasteiger partial charge in [-0.3, -0.25) is 0 Å². The Kier molecular flexibility index (Phi) is 4.80. The predicted molar refractivity (Wildman–Crippen MR) is 97.4 cm³/mol. The second-order valence-electron chi connectivity index (χ2n) is 5.17. The van der Waals surface area contributed by atoms with Crippen molar-refractivity contribution in [3.8, 4) is 0 Å². The molecule has 6 heteroatoms. The van der Waals surface area contributed by atoms with Crippen LogP contribution < -0.4 is 15.9 Å². The molecule has 0 aliphatic carbocycles. The van der Waals surface area contributed by atoms with Gasteiger partial charge in [-0.25, -0.2) is 4.57 Å². The molecule has 2 nitrogen and oxygen atoms in total. The molecule has 0 radical (unpaired) electrons. The fourth-order valence-corrected chi connectivity index (χ4v) is 7.88. The van der Waals surface area contributed by atoms with Gasteiger partial charge in [-0.15, -0.1) is 8.39 Å². The van der Waals surface area contributed by atoms with E-state index in [1.54, 1.807) is 72.8 Å². The molecule has 122 valence electrons. The van der Waals surface area contributed by atoms with Crippen molar-refractivity contribution in [3.05, 3.63) is 91.0 Å². The molecule has 0 bridgehead atoms. The predicted octanol–water partition coefficient (Wildman–Crippen LogP) is 5.21. The molecule has 0 saturated carbocycles. The van der Waals surface area contributed by atoms with E-state index in [1.165, 1.54) is 0 Å². The highest BCUT2D eigenvalue weighted by Gasteiger charge is 2.32. The van der Waals surface area contributed by atoms with Crippen molar-refractivity contribution in [2.24, 2.45) is 4.52 Å². The van der Waals surface area contributed by atoms with Crippen LogP contribution in [0, 0.1) is 0 Å². The Bertz CT molecular complexity index is 806.